The highest BCUT2D eigenvalue weighted by Gasteiger charge is 2.41. The van der Waals surface area contributed by atoms with Crippen molar-refractivity contribution in [3.05, 3.63) is 0 Å². The van der Waals surface area contributed by atoms with Crippen LogP contribution >= 0.6 is 0 Å². The van der Waals surface area contributed by atoms with Gasteiger partial charge in [-0.1, -0.05) is 20.3 Å². The van der Waals surface area contributed by atoms with Crippen molar-refractivity contribution >= 4 is 11.9 Å². The minimum Gasteiger partial charge on any atom is -0.481 e. The van der Waals surface area contributed by atoms with E-state index >= 15 is 0 Å². The first-order valence-corrected chi connectivity index (χ1v) is 7.87. The van der Waals surface area contributed by atoms with Crippen molar-refractivity contribution in [2.45, 2.75) is 64.5 Å². The van der Waals surface area contributed by atoms with E-state index in [-0.39, 0.29) is 35.8 Å². The van der Waals surface area contributed by atoms with Crippen LogP contribution in [0.5, 0.6) is 0 Å². The van der Waals surface area contributed by atoms with E-state index in [0.29, 0.717) is 13.0 Å². The van der Waals surface area contributed by atoms with Gasteiger partial charge in [-0.15, -0.1) is 0 Å². The van der Waals surface area contributed by atoms with Gasteiger partial charge in [0, 0.05) is 25.6 Å². The Morgan fingerprint density at radius 1 is 1.38 bits per heavy atom. The van der Waals surface area contributed by atoms with Gasteiger partial charge in [-0.2, -0.15) is 0 Å². The smallest absolute Gasteiger partial charge is 0.305 e. The molecule has 2 rings (SSSR count). The number of methoxy groups -OCH3 is 1. The Bertz CT molecular complexity index is 407. The highest BCUT2D eigenvalue weighted by atomic mass is 16.5. The lowest BCUT2D eigenvalue weighted by Gasteiger charge is -2.37. The minimum absolute atomic E-state index is 0.0156. The third kappa shape index (κ3) is 3.96. The van der Waals surface area contributed by atoms with Crippen molar-refractivity contribution in [2.24, 2.45) is 11.3 Å². The third-order valence-electron chi connectivity index (χ3n) is 4.96. The largest absolute Gasteiger partial charge is 0.481 e. The van der Waals surface area contributed by atoms with Gasteiger partial charge in [-0.25, -0.2) is 0 Å². The molecule has 1 saturated carbocycles. The van der Waals surface area contributed by atoms with Gasteiger partial charge < -0.3 is 14.7 Å². The van der Waals surface area contributed by atoms with Crippen LogP contribution in [-0.4, -0.2) is 47.7 Å². The molecular formula is C16H27NO4. The van der Waals surface area contributed by atoms with Gasteiger partial charge in [0.05, 0.1) is 12.5 Å². The number of hydrogen-bond donors (Lipinski definition) is 1. The topological polar surface area (TPSA) is 66.8 Å². The van der Waals surface area contributed by atoms with Gasteiger partial charge in [0.25, 0.3) is 0 Å². The van der Waals surface area contributed by atoms with Crippen LogP contribution in [0.1, 0.15) is 52.4 Å². The van der Waals surface area contributed by atoms with Crippen LogP contribution in [-0.2, 0) is 14.3 Å². The monoisotopic (exact) mass is 297 g/mol. The van der Waals surface area contributed by atoms with Crippen molar-refractivity contribution in [1.82, 2.24) is 4.90 Å². The highest BCUT2D eigenvalue weighted by molar-refractivity contribution is 5.80. The number of carbonyl (C=O) groups excluding carboxylic acids is 1. The molecule has 1 aliphatic heterocycles. The Morgan fingerprint density at radius 2 is 2.10 bits per heavy atom. The Morgan fingerprint density at radius 3 is 2.67 bits per heavy atom. The molecule has 1 N–H and O–H groups in total. The fraction of sp³-hybridized carbons (Fsp3) is 0.875. The molecule has 0 radical (unpaired) electrons. The zero-order valence-electron chi connectivity index (χ0n) is 13.3. The Labute approximate surface area is 126 Å². The summed E-state index contributed by atoms with van der Waals surface area (Å²) in [7, 11) is 1.63. The molecular weight excluding hydrogens is 270 g/mol. The van der Waals surface area contributed by atoms with E-state index in [1.807, 2.05) is 0 Å². The van der Waals surface area contributed by atoms with Crippen LogP contribution in [0.4, 0.5) is 0 Å². The molecule has 0 aromatic rings. The number of carboxylic acid groups (broad SMARTS) is 1. The SMILES string of the molecule is COC1CC(CC(=O)O)N(C(=O)C2CCCC(C)(C)C2)C1. The van der Waals surface area contributed by atoms with E-state index in [1.54, 1.807) is 12.0 Å². The molecule has 120 valence electrons. The summed E-state index contributed by atoms with van der Waals surface area (Å²) in [6, 6.07) is -0.218. The van der Waals surface area contributed by atoms with Crippen LogP contribution in [0.25, 0.3) is 0 Å². The van der Waals surface area contributed by atoms with E-state index in [2.05, 4.69) is 13.8 Å². The molecule has 1 heterocycles. The molecule has 1 saturated heterocycles. The normalized spacial score (nSPS) is 32.1. The predicted molar refractivity (Wildman–Crippen MR) is 78.9 cm³/mol. The van der Waals surface area contributed by atoms with Gasteiger partial charge in [0.1, 0.15) is 0 Å². The lowest BCUT2D eigenvalue weighted by molar-refractivity contribution is -0.142. The van der Waals surface area contributed by atoms with Crippen molar-refractivity contribution in [1.29, 1.82) is 0 Å². The quantitative estimate of drug-likeness (QED) is 0.864. The average molecular weight is 297 g/mol. The molecule has 5 nitrogen and oxygen atoms in total. The van der Waals surface area contributed by atoms with E-state index in [0.717, 1.165) is 25.7 Å². The predicted octanol–water partition coefficient (Wildman–Crippen LogP) is 2.29. The summed E-state index contributed by atoms with van der Waals surface area (Å²) < 4.78 is 5.34. The molecule has 1 aliphatic carbocycles. The molecule has 0 spiro atoms. The fourth-order valence-electron chi connectivity index (χ4n) is 3.85. The van der Waals surface area contributed by atoms with Crippen LogP contribution in [0.3, 0.4) is 0 Å². The second kappa shape index (κ2) is 6.34. The first-order valence-electron chi connectivity index (χ1n) is 7.87. The Balaban J connectivity index is 2.06. The summed E-state index contributed by atoms with van der Waals surface area (Å²) in [6.45, 7) is 4.95. The summed E-state index contributed by atoms with van der Waals surface area (Å²) in [5, 5.41) is 9.05. The number of aliphatic carboxylic acids is 1. The number of ether oxygens (including phenoxy) is 1. The molecule has 3 unspecified atom stereocenters. The second-order valence-electron chi connectivity index (χ2n) is 7.29. The Kier molecular flexibility index (Phi) is 4.91. The average Bonchev–Trinajstić information content (AvgIpc) is 2.79. The van der Waals surface area contributed by atoms with Gasteiger partial charge in [0.2, 0.25) is 5.91 Å². The molecule has 5 heteroatoms. The van der Waals surface area contributed by atoms with E-state index in [4.69, 9.17) is 9.84 Å². The van der Waals surface area contributed by atoms with Gasteiger partial charge in [-0.05, 0) is 31.1 Å². The minimum atomic E-state index is -0.849. The highest BCUT2D eigenvalue weighted by Crippen LogP contribution is 2.40. The van der Waals surface area contributed by atoms with Crippen molar-refractivity contribution in [2.75, 3.05) is 13.7 Å². The Hall–Kier alpha value is -1.10. The van der Waals surface area contributed by atoms with Crippen molar-refractivity contribution in [3.8, 4) is 0 Å². The molecule has 2 aliphatic rings. The van der Waals surface area contributed by atoms with E-state index < -0.39 is 5.97 Å². The zero-order valence-corrected chi connectivity index (χ0v) is 13.3. The van der Waals surface area contributed by atoms with E-state index in [1.165, 1.54) is 0 Å². The van der Waals surface area contributed by atoms with Gasteiger partial charge >= 0.3 is 5.97 Å². The van der Waals surface area contributed by atoms with Crippen LogP contribution in [0.2, 0.25) is 0 Å². The number of rotatable bonds is 4. The number of nitrogens with zero attached hydrogens (tertiary/aromatic N) is 1. The lowest BCUT2D eigenvalue weighted by atomic mass is 9.72. The standard InChI is InChI=1S/C16H27NO4/c1-16(2)6-4-5-11(9-16)15(20)17-10-13(21-3)7-12(17)8-14(18)19/h11-13H,4-10H2,1-3H3,(H,18,19). The third-order valence-corrected chi connectivity index (χ3v) is 4.96. The first-order chi connectivity index (χ1) is 9.82. The number of carboxylic acids is 1. The molecule has 0 bridgehead atoms. The van der Waals surface area contributed by atoms with Crippen LogP contribution < -0.4 is 0 Å². The summed E-state index contributed by atoms with van der Waals surface area (Å²) in [6.07, 6.45) is 4.68. The molecule has 3 atom stereocenters. The van der Waals surface area contributed by atoms with Crippen LogP contribution in [0.15, 0.2) is 0 Å². The second-order valence-corrected chi connectivity index (χ2v) is 7.29. The first kappa shape index (κ1) is 16.3. The molecule has 2 fully saturated rings. The molecule has 1 amide bonds. The van der Waals surface area contributed by atoms with Gasteiger partial charge in [-0.3, -0.25) is 9.59 Å². The van der Waals surface area contributed by atoms with E-state index in [9.17, 15) is 9.59 Å². The van der Waals surface area contributed by atoms with Crippen LogP contribution in [0, 0.1) is 11.3 Å². The number of amides is 1. The summed E-state index contributed by atoms with van der Waals surface area (Å²) >= 11 is 0. The maximum Gasteiger partial charge on any atom is 0.305 e. The molecule has 0 aromatic carbocycles. The maximum absolute atomic E-state index is 12.8. The number of likely N-dealkylation sites (tertiary alicyclic amines) is 1. The van der Waals surface area contributed by atoms with Crippen molar-refractivity contribution < 1.29 is 19.4 Å². The van der Waals surface area contributed by atoms with Crippen molar-refractivity contribution in [3.63, 3.8) is 0 Å². The summed E-state index contributed by atoms with van der Waals surface area (Å²) in [5.41, 5.74) is 0.210. The molecule has 0 aromatic heterocycles. The summed E-state index contributed by atoms with van der Waals surface area (Å²) in [5.74, 6) is -0.673. The number of carbonyl (C=O) groups is 2. The fourth-order valence-corrected chi connectivity index (χ4v) is 3.85. The number of hydrogen-bond acceptors (Lipinski definition) is 3. The molecule has 21 heavy (non-hydrogen) atoms. The summed E-state index contributed by atoms with van der Waals surface area (Å²) in [4.78, 5) is 25.6. The lowest BCUT2D eigenvalue weighted by Crippen LogP contribution is -2.43. The zero-order chi connectivity index (χ0) is 15.6. The maximum atomic E-state index is 12.8. The van der Waals surface area contributed by atoms with Gasteiger partial charge in [0.15, 0.2) is 0 Å².